The Bertz CT molecular complexity index is 490. The largest absolute Gasteiger partial charge is 0.354 e. The van der Waals surface area contributed by atoms with Gasteiger partial charge in [-0.1, -0.05) is 37.3 Å². The summed E-state index contributed by atoms with van der Waals surface area (Å²) in [5.41, 5.74) is 1.31. The molecule has 0 saturated carbocycles. The van der Waals surface area contributed by atoms with E-state index in [4.69, 9.17) is 0 Å². The van der Waals surface area contributed by atoms with Crippen LogP contribution in [0.25, 0.3) is 0 Å². The summed E-state index contributed by atoms with van der Waals surface area (Å²) in [4.78, 5) is 14.9. The number of nitrogens with zero attached hydrogens (tertiary/aromatic N) is 1. The number of nitrogens with one attached hydrogen (secondary N) is 2. The molecule has 23 heavy (non-hydrogen) atoms. The van der Waals surface area contributed by atoms with E-state index in [2.05, 4.69) is 52.8 Å². The Hall–Kier alpha value is -1.10. The van der Waals surface area contributed by atoms with Crippen LogP contribution >= 0.6 is 12.4 Å². The minimum atomic E-state index is 0. The van der Waals surface area contributed by atoms with Crippen molar-refractivity contribution in [3.05, 3.63) is 35.9 Å². The van der Waals surface area contributed by atoms with Crippen molar-refractivity contribution in [2.24, 2.45) is 11.8 Å². The molecule has 1 aromatic carbocycles. The summed E-state index contributed by atoms with van der Waals surface area (Å²) >= 11 is 0. The van der Waals surface area contributed by atoms with Crippen LogP contribution in [0.4, 0.5) is 0 Å². The van der Waals surface area contributed by atoms with E-state index in [0.29, 0.717) is 18.5 Å². The second kappa shape index (κ2) is 8.67. The first-order valence-electron chi connectivity index (χ1n) is 8.53. The van der Waals surface area contributed by atoms with E-state index in [1.807, 2.05) is 0 Å². The molecule has 1 amide bonds. The molecule has 4 nitrogen and oxygen atoms in total. The second-order valence-electron chi connectivity index (χ2n) is 6.66. The van der Waals surface area contributed by atoms with Gasteiger partial charge in [-0.2, -0.15) is 0 Å². The van der Waals surface area contributed by atoms with Gasteiger partial charge in [0, 0.05) is 13.1 Å². The van der Waals surface area contributed by atoms with Gasteiger partial charge in [0.1, 0.15) is 0 Å². The van der Waals surface area contributed by atoms with Crippen molar-refractivity contribution in [3.8, 4) is 0 Å². The summed E-state index contributed by atoms with van der Waals surface area (Å²) < 4.78 is 0. The minimum absolute atomic E-state index is 0. The fourth-order valence-electron chi connectivity index (χ4n) is 3.68. The first kappa shape index (κ1) is 18.2. The molecule has 0 spiro atoms. The van der Waals surface area contributed by atoms with Crippen molar-refractivity contribution in [2.45, 2.75) is 25.8 Å². The molecule has 5 heteroatoms. The number of hydrogen-bond donors (Lipinski definition) is 2. The third kappa shape index (κ3) is 4.46. The van der Waals surface area contributed by atoms with Gasteiger partial charge in [-0.25, -0.2) is 0 Å². The Balaban J connectivity index is 0.00000192. The van der Waals surface area contributed by atoms with Crippen molar-refractivity contribution in [2.75, 3.05) is 32.7 Å². The smallest absolute Gasteiger partial charge is 0.224 e. The molecule has 3 rings (SSSR count). The van der Waals surface area contributed by atoms with Crippen LogP contribution in [0.1, 0.15) is 31.4 Å². The molecule has 0 radical (unpaired) electrons. The van der Waals surface area contributed by atoms with Gasteiger partial charge in [-0.05, 0) is 44.0 Å². The lowest BCUT2D eigenvalue weighted by Crippen LogP contribution is -2.40. The molecular weight excluding hydrogens is 310 g/mol. The Morgan fingerprint density at radius 3 is 2.57 bits per heavy atom. The van der Waals surface area contributed by atoms with Crippen LogP contribution in [0, 0.1) is 11.8 Å². The zero-order valence-electron chi connectivity index (χ0n) is 13.8. The van der Waals surface area contributed by atoms with Crippen LogP contribution < -0.4 is 10.6 Å². The standard InChI is InChI=1S/C18H27N3O.ClH/c1-14-11-19-12-16(14)18(22)20-13-17(21-9-5-6-10-21)15-7-3-2-4-8-15;/h2-4,7-8,14,16-17,19H,5-6,9-13H2,1H3,(H,20,22);1H/t14-,16-,17?;/m1./s1. The molecule has 2 fully saturated rings. The maximum Gasteiger partial charge on any atom is 0.224 e. The number of halogens is 1. The van der Waals surface area contributed by atoms with Crippen molar-refractivity contribution in [1.29, 1.82) is 0 Å². The van der Waals surface area contributed by atoms with Gasteiger partial charge >= 0.3 is 0 Å². The Kier molecular flexibility index (Phi) is 6.88. The van der Waals surface area contributed by atoms with Gasteiger partial charge in [0.25, 0.3) is 0 Å². The predicted molar refractivity (Wildman–Crippen MR) is 95.8 cm³/mol. The second-order valence-corrected chi connectivity index (χ2v) is 6.66. The Morgan fingerprint density at radius 2 is 1.96 bits per heavy atom. The van der Waals surface area contributed by atoms with E-state index in [9.17, 15) is 4.79 Å². The zero-order valence-corrected chi connectivity index (χ0v) is 14.6. The average Bonchev–Trinajstić information content (AvgIpc) is 3.20. The van der Waals surface area contributed by atoms with E-state index < -0.39 is 0 Å². The zero-order chi connectivity index (χ0) is 15.4. The molecule has 1 unspecified atom stereocenters. The predicted octanol–water partition coefficient (Wildman–Crippen LogP) is 2.22. The van der Waals surface area contributed by atoms with E-state index in [0.717, 1.165) is 26.2 Å². The lowest BCUT2D eigenvalue weighted by molar-refractivity contribution is -0.125. The Morgan fingerprint density at radius 1 is 1.26 bits per heavy atom. The molecule has 2 saturated heterocycles. The van der Waals surface area contributed by atoms with Crippen LogP contribution in [0.2, 0.25) is 0 Å². The SMILES string of the molecule is C[C@@H]1CNC[C@H]1C(=O)NCC(c1ccccc1)N1CCCC1.Cl. The number of amides is 1. The summed E-state index contributed by atoms with van der Waals surface area (Å²) in [5, 5.41) is 6.52. The van der Waals surface area contributed by atoms with Crippen LogP contribution in [0.3, 0.4) is 0 Å². The fraction of sp³-hybridized carbons (Fsp3) is 0.611. The highest BCUT2D eigenvalue weighted by Gasteiger charge is 2.30. The first-order chi connectivity index (χ1) is 10.8. The maximum absolute atomic E-state index is 12.4. The molecule has 1 aromatic rings. The van der Waals surface area contributed by atoms with Gasteiger partial charge in [-0.15, -0.1) is 12.4 Å². The molecule has 2 aliphatic heterocycles. The van der Waals surface area contributed by atoms with Crippen molar-refractivity contribution >= 4 is 18.3 Å². The topological polar surface area (TPSA) is 44.4 Å². The number of benzene rings is 1. The first-order valence-corrected chi connectivity index (χ1v) is 8.53. The van der Waals surface area contributed by atoms with Crippen molar-refractivity contribution < 1.29 is 4.79 Å². The summed E-state index contributed by atoms with van der Waals surface area (Å²) in [6, 6.07) is 10.9. The molecule has 2 aliphatic rings. The van der Waals surface area contributed by atoms with Gasteiger partial charge in [0.15, 0.2) is 0 Å². The third-order valence-corrected chi connectivity index (χ3v) is 5.09. The van der Waals surface area contributed by atoms with Crippen LogP contribution in [-0.2, 0) is 4.79 Å². The van der Waals surface area contributed by atoms with Crippen LogP contribution in [0.5, 0.6) is 0 Å². The lowest BCUT2D eigenvalue weighted by atomic mass is 9.97. The molecule has 2 N–H and O–H groups in total. The quantitative estimate of drug-likeness (QED) is 0.866. The lowest BCUT2D eigenvalue weighted by Gasteiger charge is -2.29. The normalized spacial score (nSPS) is 25.8. The highest BCUT2D eigenvalue weighted by Crippen LogP contribution is 2.25. The van der Waals surface area contributed by atoms with Gasteiger partial charge < -0.3 is 10.6 Å². The summed E-state index contributed by atoms with van der Waals surface area (Å²) in [5.74, 6) is 0.759. The summed E-state index contributed by atoms with van der Waals surface area (Å²) in [6.45, 7) is 6.90. The number of carbonyl (C=O) groups excluding carboxylic acids is 1. The average molecular weight is 338 g/mol. The fourth-order valence-corrected chi connectivity index (χ4v) is 3.68. The summed E-state index contributed by atoms with van der Waals surface area (Å²) in [7, 11) is 0. The van der Waals surface area contributed by atoms with E-state index >= 15 is 0 Å². The molecular formula is C18H28ClN3O. The van der Waals surface area contributed by atoms with Crippen LogP contribution in [-0.4, -0.2) is 43.5 Å². The third-order valence-electron chi connectivity index (χ3n) is 5.09. The van der Waals surface area contributed by atoms with E-state index in [1.165, 1.54) is 18.4 Å². The van der Waals surface area contributed by atoms with Crippen LogP contribution in [0.15, 0.2) is 30.3 Å². The summed E-state index contributed by atoms with van der Waals surface area (Å²) in [6.07, 6.45) is 2.53. The van der Waals surface area contributed by atoms with Crippen molar-refractivity contribution in [3.63, 3.8) is 0 Å². The van der Waals surface area contributed by atoms with Crippen molar-refractivity contribution in [1.82, 2.24) is 15.5 Å². The number of carbonyl (C=O) groups is 1. The molecule has 0 aliphatic carbocycles. The maximum atomic E-state index is 12.4. The molecule has 128 valence electrons. The molecule has 2 heterocycles. The number of rotatable bonds is 5. The van der Waals surface area contributed by atoms with E-state index in [1.54, 1.807) is 0 Å². The van der Waals surface area contributed by atoms with Gasteiger partial charge in [-0.3, -0.25) is 9.69 Å². The Labute approximate surface area is 145 Å². The monoisotopic (exact) mass is 337 g/mol. The van der Waals surface area contributed by atoms with E-state index in [-0.39, 0.29) is 24.2 Å². The molecule has 3 atom stereocenters. The number of hydrogen-bond acceptors (Lipinski definition) is 3. The highest BCUT2D eigenvalue weighted by molar-refractivity contribution is 5.85. The molecule has 0 bridgehead atoms. The molecule has 0 aromatic heterocycles. The minimum Gasteiger partial charge on any atom is -0.354 e. The van der Waals surface area contributed by atoms with Gasteiger partial charge in [0.05, 0.1) is 12.0 Å². The van der Waals surface area contributed by atoms with Gasteiger partial charge in [0.2, 0.25) is 5.91 Å². The highest BCUT2D eigenvalue weighted by atomic mass is 35.5. The number of likely N-dealkylation sites (tertiary alicyclic amines) is 1.